The van der Waals surface area contributed by atoms with Gasteiger partial charge in [-0.2, -0.15) is 13.2 Å². The number of nitrogens with zero attached hydrogens (tertiary/aromatic N) is 1. The highest BCUT2D eigenvalue weighted by atomic mass is 19.4. The number of rotatable bonds is 4. The van der Waals surface area contributed by atoms with Crippen molar-refractivity contribution in [2.24, 2.45) is 5.73 Å². The number of alkyl halides is 3. The molecule has 0 radical (unpaired) electrons. The number of hydrogen-bond donors (Lipinski definition) is 3. The average molecular weight is 271 g/mol. The topological polar surface area (TPSA) is 113 Å². The first kappa shape index (κ1) is 16.0. The molecule has 10 heteroatoms. The molecule has 3 amide bonds. The number of hydrogen-bond acceptors (Lipinski definition) is 3. The molecule has 0 bridgehead atoms. The zero-order chi connectivity index (χ0) is 14.7. The van der Waals surface area contributed by atoms with E-state index in [-0.39, 0.29) is 0 Å². The molecule has 0 aromatic carbocycles. The minimum atomic E-state index is -5.19. The van der Waals surface area contributed by atoms with Crippen molar-refractivity contribution in [1.29, 1.82) is 0 Å². The summed E-state index contributed by atoms with van der Waals surface area (Å²) in [5.74, 6) is -3.22. The molecule has 0 spiro atoms. The number of amides is 3. The molecule has 0 aromatic heterocycles. The van der Waals surface area contributed by atoms with E-state index < -0.39 is 36.2 Å². The molecule has 0 aromatic rings. The van der Waals surface area contributed by atoms with Crippen LogP contribution in [-0.4, -0.2) is 53.2 Å². The maximum Gasteiger partial charge on any atom is 0.422 e. The Hall–Kier alpha value is -2.00. The summed E-state index contributed by atoms with van der Waals surface area (Å²) in [5, 5.41) is 9.83. The third-order valence-corrected chi connectivity index (χ3v) is 2.09. The molecule has 0 aliphatic heterocycles. The predicted molar refractivity (Wildman–Crippen MR) is 52.5 cm³/mol. The van der Waals surface area contributed by atoms with Crippen LogP contribution in [0.4, 0.5) is 18.0 Å². The molecule has 0 aliphatic carbocycles. The zero-order valence-electron chi connectivity index (χ0n) is 9.54. The highest BCUT2D eigenvalue weighted by Crippen LogP contribution is 2.30. The van der Waals surface area contributed by atoms with Gasteiger partial charge >= 0.3 is 18.2 Å². The molecule has 4 N–H and O–H groups in total. The van der Waals surface area contributed by atoms with Crippen LogP contribution >= 0.6 is 0 Å². The SMILES string of the molecule is CN(CC(N)=O)C(=O)NC(C)(C(=O)O)C(F)(F)F. The molecule has 0 rings (SSSR count). The number of carbonyl (C=O) groups is 3. The van der Waals surface area contributed by atoms with Crippen LogP contribution in [0.25, 0.3) is 0 Å². The van der Waals surface area contributed by atoms with Crippen LogP contribution in [0, 0.1) is 0 Å². The monoisotopic (exact) mass is 271 g/mol. The summed E-state index contributed by atoms with van der Waals surface area (Å²) >= 11 is 0. The second-order valence-corrected chi connectivity index (χ2v) is 3.68. The van der Waals surface area contributed by atoms with E-state index in [4.69, 9.17) is 10.8 Å². The summed E-state index contributed by atoms with van der Waals surface area (Å²) in [6.45, 7) is -0.343. The third-order valence-electron chi connectivity index (χ3n) is 2.09. The lowest BCUT2D eigenvalue weighted by atomic mass is 10.0. The molecular weight excluding hydrogens is 259 g/mol. The minimum Gasteiger partial charge on any atom is -0.479 e. The number of halogens is 3. The summed E-state index contributed by atoms with van der Waals surface area (Å²) in [5.41, 5.74) is 1.29. The fourth-order valence-electron chi connectivity index (χ4n) is 0.860. The van der Waals surface area contributed by atoms with Gasteiger partial charge in [0, 0.05) is 7.05 Å². The molecule has 0 saturated heterocycles. The van der Waals surface area contributed by atoms with Crippen molar-refractivity contribution in [3.63, 3.8) is 0 Å². The number of carbonyl (C=O) groups excluding carboxylic acids is 2. The van der Waals surface area contributed by atoms with Gasteiger partial charge in [0.2, 0.25) is 11.4 Å². The van der Waals surface area contributed by atoms with Crippen molar-refractivity contribution >= 4 is 17.9 Å². The van der Waals surface area contributed by atoms with Gasteiger partial charge in [-0.3, -0.25) is 4.79 Å². The molecule has 18 heavy (non-hydrogen) atoms. The third kappa shape index (κ3) is 3.50. The Bertz CT molecular complexity index is 371. The van der Waals surface area contributed by atoms with Crippen molar-refractivity contribution in [2.75, 3.05) is 13.6 Å². The van der Waals surface area contributed by atoms with Crippen LogP contribution in [0.1, 0.15) is 6.92 Å². The van der Waals surface area contributed by atoms with Crippen molar-refractivity contribution in [2.45, 2.75) is 18.6 Å². The zero-order valence-corrected chi connectivity index (χ0v) is 9.54. The van der Waals surface area contributed by atoms with Gasteiger partial charge in [-0.05, 0) is 6.92 Å². The largest absolute Gasteiger partial charge is 0.479 e. The highest BCUT2D eigenvalue weighted by Gasteiger charge is 2.58. The number of nitrogens with one attached hydrogen (secondary N) is 1. The fourth-order valence-corrected chi connectivity index (χ4v) is 0.860. The van der Waals surface area contributed by atoms with Crippen LogP contribution in [0.3, 0.4) is 0 Å². The Morgan fingerprint density at radius 2 is 1.78 bits per heavy atom. The molecule has 0 aliphatic rings. The lowest BCUT2D eigenvalue weighted by Gasteiger charge is -2.30. The maximum absolute atomic E-state index is 12.5. The lowest BCUT2D eigenvalue weighted by molar-refractivity contribution is -0.203. The summed E-state index contributed by atoms with van der Waals surface area (Å²) in [6, 6.07) is -1.38. The number of urea groups is 1. The molecule has 0 heterocycles. The van der Waals surface area contributed by atoms with Gasteiger partial charge in [-0.15, -0.1) is 0 Å². The Morgan fingerprint density at radius 3 is 2.06 bits per heavy atom. The van der Waals surface area contributed by atoms with Crippen LogP contribution in [0.2, 0.25) is 0 Å². The van der Waals surface area contributed by atoms with Crippen LogP contribution in [0.15, 0.2) is 0 Å². The minimum absolute atomic E-state index is 0.297. The van der Waals surface area contributed by atoms with Gasteiger partial charge in [0.15, 0.2) is 0 Å². The Kier molecular flexibility index (Phi) is 4.54. The van der Waals surface area contributed by atoms with Crippen molar-refractivity contribution < 1.29 is 32.7 Å². The van der Waals surface area contributed by atoms with Crippen molar-refractivity contribution in [1.82, 2.24) is 10.2 Å². The van der Waals surface area contributed by atoms with Gasteiger partial charge in [-0.1, -0.05) is 0 Å². The van der Waals surface area contributed by atoms with E-state index >= 15 is 0 Å². The van der Waals surface area contributed by atoms with Crippen molar-refractivity contribution in [3.05, 3.63) is 0 Å². The standard InChI is InChI=1S/C8H12F3N3O4/c1-7(5(16)17,8(9,10)11)13-6(18)14(2)3-4(12)15/h3H2,1-2H3,(H2,12,15)(H,13,18)(H,16,17). The predicted octanol–water partition coefficient (Wildman–Crippen LogP) is -0.481. The summed E-state index contributed by atoms with van der Waals surface area (Å²) in [7, 11) is 0.999. The second-order valence-electron chi connectivity index (χ2n) is 3.68. The van der Waals surface area contributed by atoms with Gasteiger partial charge in [0.1, 0.15) is 6.54 Å². The van der Waals surface area contributed by atoms with E-state index in [0.29, 0.717) is 11.8 Å². The number of primary amides is 1. The summed E-state index contributed by atoms with van der Waals surface area (Å²) in [4.78, 5) is 32.9. The molecular formula is C8H12F3N3O4. The molecule has 0 saturated carbocycles. The smallest absolute Gasteiger partial charge is 0.422 e. The Labute approximate surface area is 99.7 Å². The van der Waals surface area contributed by atoms with E-state index in [1.165, 1.54) is 5.32 Å². The Balaban J connectivity index is 4.98. The van der Waals surface area contributed by atoms with E-state index in [9.17, 15) is 27.6 Å². The first-order valence-corrected chi connectivity index (χ1v) is 4.53. The Morgan fingerprint density at radius 1 is 1.33 bits per heavy atom. The average Bonchev–Trinajstić information content (AvgIpc) is 2.13. The normalized spacial score (nSPS) is 14.5. The first-order chi connectivity index (χ1) is 7.91. The number of aliphatic carboxylic acids is 1. The van der Waals surface area contributed by atoms with Gasteiger partial charge in [0.05, 0.1) is 0 Å². The van der Waals surface area contributed by atoms with E-state index in [0.717, 1.165) is 7.05 Å². The quantitative estimate of drug-likeness (QED) is 0.640. The number of likely N-dealkylation sites (N-methyl/N-ethyl adjacent to an activating group) is 1. The van der Waals surface area contributed by atoms with Crippen molar-refractivity contribution in [3.8, 4) is 0 Å². The van der Waals surface area contributed by atoms with Crippen LogP contribution < -0.4 is 11.1 Å². The van der Waals surface area contributed by atoms with Gasteiger partial charge < -0.3 is 21.1 Å². The molecule has 104 valence electrons. The molecule has 7 nitrogen and oxygen atoms in total. The number of carboxylic acid groups (broad SMARTS) is 1. The lowest BCUT2D eigenvalue weighted by Crippen LogP contribution is -2.64. The number of nitrogens with two attached hydrogens (primary N) is 1. The van der Waals surface area contributed by atoms with E-state index in [1.54, 1.807) is 0 Å². The summed E-state index contributed by atoms with van der Waals surface area (Å²) in [6.07, 6.45) is -5.19. The first-order valence-electron chi connectivity index (χ1n) is 4.53. The van der Waals surface area contributed by atoms with Crippen LogP contribution in [-0.2, 0) is 9.59 Å². The molecule has 1 atom stereocenters. The van der Waals surface area contributed by atoms with Crippen LogP contribution in [0.5, 0.6) is 0 Å². The summed E-state index contributed by atoms with van der Waals surface area (Å²) < 4.78 is 37.6. The van der Waals surface area contributed by atoms with Gasteiger partial charge in [-0.25, -0.2) is 9.59 Å². The fraction of sp³-hybridized carbons (Fsp3) is 0.625. The second kappa shape index (κ2) is 5.10. The maximum atomic E-state index is 12.5. The molecule has 0 fully saturated rings. The van der Waals surface area contributed by atoms with Gasteiger partial charge in [0.25, 0.3) is 0 Å². The van der Waals surface area contributed by atoms with E-state index in [2.05, 4.69) is 0 Å². The number of carboxylic acids is 1. The highest BCUT2D eigenvalue weighted by molar-refractivity contribution is 5.88. The van der Waals surface area contributed by atoms with E-state index in [1.807, 2.05) is 0 Å². The molecule has 1 unspecified atom stereocenters.